The molecule has 0 unspecified atom stereocenters. The molecule has 4 heteroatoms. The van der Waals surface area contributed by atoms with Crippen molar-refractivity contribution >= 4 is 5.69 Å². The lowest BCUT2D eigenvalue weighted by molar-refractivity contribution is 0.383. The van der Waals surface area contributed by atoms with Crippen LogP contribution in [0.3, 0.4) is 0 Å². The number of nitrogen functional groups attached to an aromatic ring is 1. The lowest BCUT2D eigenvalue weighted by Gasteiger charge is -2.07. The molecule has 0 atom stereocenters. The molecule has 16 heavy (non-hydrogen) atoms. The molecular weight excluding hydrogens is 204 g/mol. The summed E-state index contributed by atoms with van der Waals surface area (Å²) in [7, 11) is 1.56. The van der Waals surface area contributed by atoms with E-state index in [0.29, 0.717) is 23.2 Å². The highest BCUT2D eigenvalue weighted by atomic mass is 16.5. The molecule has 4 nitrogen and oxygen atoms in total. The van der Waals surface area contributed by atoms with Crippen molar-refractivity contribution in [3.63, 3.8) is 0 Å². The van der Waals surface area contributed by atoms with Crippen LogP contribution >= 0.6 is 0 Å². The molecule has 1 aromatic heterocycles. The van der Waals surface area contributed by atoms with E-state index in [0.717, 1.165) is 0 Å². The topological polar surface area (TPSA) is 57.4 Å². The van der Waals surface area contributed by atoms with Gasteiger partial charge < -0.3 is 15.2 Å². The Hall–Kier alpha value is -2.23. The number of para-hydroxylation sites is 2. The first-order valence-electron chi connectivity index (χ1n) is 4.83. The van der Waals surface area contributed by atoms with Crippen LogP contribution < -0.4 is 15.2 Å². The van der Waals surface area contributed by atoms with E-state index in [2.05, 4.69) is 4.98 Å². The van der Waals surface area contributed by atoms with Crippen LogP contribution in [-0.2, 0) is 0 Å². The van der Waals surface area contributed by atoms with Crippen molar-refractivity contribution in [1.82, 2.24) is 4.98 Å². The van der Waals surface area contributed by atoms with E-state index < -0.39 is 0 Å². The molecule has 0 aliphatic heterocycles. The SMILES string of the molecule is COc1cccc(Oc2ccccc2N)n1. The standard InChI is InChI=1S/C12H12N2O2/c1-15-11-7-4-8-12(14-11)16-10-6-3-2-5-9(10)13/h2-8H,13H2,1H3. The van der Waals surface area contributed by atoms with Gasteiger partial charge >= 0.3 is 0 Å². The van der Waals surface area contributed by atoms with Crippen molar-refractivity contribution in [2.45, 2.75) is 0 Å². The van der Waals surface area contributed by atoms with Crippen LogP contribution in [-0.4, -0.2) is 12.1 Å². The molecule has 2 rings (SSSR count). The van der Waals surface area contributed by atoms with Gasteiger partial charge in [-0.15, -0.1) is 0 Å². The second kappa shape index (κ2) is 4.53. The van der Waals surface area contributed by atoms with Crippen LogP contribution in [0.25, 0.3) is 0 Å². The third kappa shape index (κ3) is 2.23. The van der Waals surface area contributed by atoms with Gasteiger partial charge in [-0.2, -0.15) is 4.98 Å². The summed E-state index contributed by atoms with van der Waals surface area (Å²) in [6.45, 7) is 0. The van der Waals surface area contributed by atoms with E-state index in [1.165, 1.54) is 0 Å². The molecular formula is C12H12N2O2. The van der Waals surface area contributed by atoms with Gasteiger partial charge in [-0.25, -0.2) is 0 Å². The summed E-state index contributed by atoms with van der Waals surface area (Å²) in [5, 5.41) is 0. The Balaban J connectivity index is 2.24. The number of nitrogens with zero attached hydrogens (tertiary/aromatic N) is 1. The molecule has 0 radical (unpaired) electrons. The zero-order chi connectivity index (χ0) is 11.4. The first kappa shape index (κ1) is 10.3. The zero-order valence-corrected chi connectivity index (χ0v) is 8.88. The third-order valence-electron chi connectivity index (χ3n) is 2.04. The van der Waals surface area contributed by atoms with Crippen LogP contribution in [0.1, 0.15) is 0 Å². The van der Waals surface area contributed by atoms with Gasteiger partial charge in [0.2, 0.25) is 11.8 Å². The summed E-state index contributed by atoms with van der Waals surface area (Å²) >= 11 is 0. The normalized spacial score (nSPS) is 9.81. The van der Waals surface area contributed by atoms with Crippen LogP contribution in [0.15, 0.2) is 42.5 Å². The first-order chi connectivity index (χ1) is 7.79. The Kier molecular flexibility index (Phi) is 2.91. The van der Waals surface area contributed by atoms with Crippen LogP contribution in [0.5, 0.6) is 17.5 Å². The average Bonchev–Trinajstić information content (AvgIpc) is 2.32. The Morgan fingerprint density at radius 2 is 1.75 bits per heavy atom. The first-order valence-corrected chi connectivity index (χ1v) is 4.83. The van der Waals surface area contributed by atoms with Crippen molar-refractivity contribution in [2.24, 2.45) is 0 Å². The number of hydrogen-bond acceptors (Lipinski definition) is 4. The number of nitrogens with two attached hydrogens (primary N) is 1. The fraction of sp³-hybridized carbons (Fsp3) is 0.0833. The smallest absolute Gasteiger partial charge is 0.222 e. The van der Waals surface area contributed by atoms with Crippen LogP contribution in [0, 0.1) is 0 Å². The number of benzene rings is 1. The predicted molar refractivity (Wildman–Crippen MR) is 61.7 cm³/mol. The number of hydrogen-bond donors (Lipinski definition) is 1. The summed E-state index contributed by atoms with van der Waals surface area (Å²) in [4.78, 5) is 4.13. The molecule has 2 aromatic rings. The molecule has 1 aromatic carbocycles. The molecule has 0 spiro atoms. The van der Waals surface area contributed by atoms with Crippen LogP contribution in [0.2, 0.25) is 0 Å². The number of rotatable bonds is 3. The molecule has 0 aliphatic carbocycles. The van der Waals surface area contributed by atoms with Gasteiger partial charge in [0.05, 0.1) is 12.8 Å². The summed E-state index contributed by atoms with van der Waals surface area (Å²) in [6.07, 6.45) is 0. The Morgan fingerprint density at radius 1 is 1.00 bits per heavy atom. The Bertz CT molecular complexity index is 486. The van der Waals surface area contributed by atoms with Crippen LogP contribution in [0.4, 0.5) is 5.69 Å². The van der Waals surface area contributed by atoms with E-state index in [9.17, 15) is 0 Å². The highest BCUT2D eigenvalue weighted by Gasteiger charge is 2.02. The van der Waals surface area contributed by atoms with Gasteiger partial charge in [0, 0.05) is 12.1 Å². The maximum Gasteiger partial charge on any atom is 0.222 e. The summed E-state index contributed by atoms with van der Waals surface area (Å²) in [5.74, 6) is 1.55. The highest BCUT2D eigenvalue weighted by Crippen LogP contribution is 2.26. The number of anilines is 1. The number of methoxy groups -OCH3 is 1. The largest absolute Gasteiger partial charge is 0.481 e. The second-order valence-electron chi connectivity index (χ2n) is 3.16. The van der Waals surface area contributed by atoms with Crippen molar-refractivity contribution in [3.05, 3.63) is 42.5 Å². The molecule has 82 valence electrons. The van der Waals surface area contributed by atoms with Crippen molar-refractivity contribution in [2.75, 3.05) is 12.8 Å². The van der Waals surface area contributed by atoms with E-state index in [-0.39, 0.29) is 0 Å². The van der Waals surface area contributed by atoms with Crippen molar-refractivity contribution in [3.8, 4) is 17.5 Å². The molecule has 2 N–H and O–H groups in total. The monoisotopic (exact) mass is 216 g/mol. The fourth-order valence-corrected chi connectivity index (χ4v) is 1.25. The number of pyridine rings is 1. The molecule has 0 saturated heterocycles. The second-order valence-corrected chi connectivity index (χ2v) is 3.16. The number of ether oxygens (including phenoxy) is 2. The molecule has 0 amide bonds. The minimum absolute atomic E-state index is 0.456. The zero-order valence-electron chi connectivity index (χ0n) is 8.88. The summed E-state index contributed by atoms with van der Waals surface area (Å²) in [6, 6.07) is 12.6. The average molecular weight is 216 g/mol. The molecule has 0 saturated carbocycles. The van der Waals surface area contributed by atoms with E-state index in [4.69, 9.17) is 15.2 Å². The number of aromatic nitrogens is 1. The lowest BCUT2D eigenvalue weighted by atomic mass is 10.3. The van der Waals surface area contributed by atoms with Gasteiger partial charge in [0.25, 0.3) is 0 Å². The van der Waals surface area contributed by atoms with Crippen molar-refractivity contribution in [1.29, 1.82) is 0 Å². The van der Waals surface area contributed by atoms with E-state index in [1.54, 1.807) is 37.4 Å². The van der Waals surface area contributed by atoms with Crippen molar-refractivity contribution < 1.29 is 9.47 Å². The molecule has 0 bridgehead atoms. The minimum Gasteiger partial charge on any atom is -0.481 e. The summed E-state index contributed by atoms with van der Waals surface area (Å²) in [5.41, 5.74) is 6.33. The quantitative estimate of drug-likeness (QED) is 0.801. The minimum atomic E-state index is 0.456. The molecule has 0 fully saturated rings. The van der Waals surface area contributed by atoms with Gasteiger partial charge in [-0.05, 0) is 12.1 Å². The van der Waals surface area contributed by atoms with E-state index >= 15 is 0 Å². The summed E-state index contributed by atoms with van der Waals surface area (Å²) < 4.78 is 10.5. The lowest BCUT2D eigenvalue weighted by Crippen LogP contribution is -1.94. The fourth-order valence-electron chi connectivity index (χ4n) is 1.25. The Morgan fingerprint density at radius 3 is 2.50 bits per heavy atom. The Labute approximate surface area is 93.6 Å². The highest BCUT2D eigenvalue weighted by molar-refractivity contribution is 5.53. The van der Waals surface area contributed by atoms with E-state index in [1.807, 2.05) is 12.1 Å². The molecule has 1 heterocycles. The predicted octanol–water partition coefficient (Wildman–Crippen LogP) is 2.46. The van der Waals surface area contributed by atoms with Gasteiger partial charge in [0.15, 0.2) is 5.75 Å². The van der Waals surface area contributed by atoms with Gasteiger partial charge in [-0.3, -0.25) is 0 Å². The third-order valence-corrected chi connectivity index (χ3v) is 2.04. The molecule has 0 aliphatic rings. The maximum absolute atomic E-state index is 5.75. The van der Waals surface area contributed by atoms with Gasteiger partial charge in [0.1, 0.15) is 0 Å². The van der Waals surface area contributed by atoms with Gasteiger partial charge in [-0.1, -0.05) is 18.2 Å². The maximum atomic E-state index is 5.75.